The smallest absolute Gasteiger partial charge is 0.226 e. The molecule has 0 spiro atoms. The highest BCUT2D eigenvalue weighted by atomic mass is 35.5. The number of nitrogen functional groups attached to an aromatic ring is 1. The van der Waals surface area contributed by atoms with Crippen molar-refractivity contribution in [1.29, 1.82) is 0 Å². The number of pyridine rings is 1. The highest BCUT2D eigenvalue weighted by Crippen LogP contribution is 2.24. The average Bonchev–Trinajstić information content (AvgIpc) is 2.53. The molecule has 0 fully saturated rings. The lowest BCUT2D eigenvalue weighted by atomic mass is 10.2. The summed E-state index contributed by atoms with van der Waals surface area (Å²) in [7, 11) is 0. The Bertz CT molecular complexity index is 453. The molecule has 13 heavy (non-hydrogen) atoms. The van der Waals surface area contributed by atoms with Crippen LogP contribution in [0.2, 0.25) is 0 Å². The maximum absolute atomic E-state index is 5.79. The highest BCUT2D eigenvalue weighted by molar-refractivity contribution is 6.17. The van der Waals surface area contributed by atoms with Gasteiger partial charge in [0.1, 0.15) is 0 Å². The Balaban J connectivity index is 2.85. The van der Waals surface area contributed by atoms with Gasteiger partial charge in [-0.3, -0.25) is 0 Å². The van der Waals surface area contributed by atoms with Crippen molar-refractivity contribution in [3.05, 3.63) is 11.3 Å². The van der Waals surface area contributed by atoms with Crippen LogP contribution < -0.4 is 5.73 Å². The monoisotopic (exact) mass is 198 g/mol. The predicted octanol–water partition coefficient (Wildman–Crippen LogP) is 1.25. The van der Waals surface area contributed by atoms with Crippen molar-refractivity contribution in [3.8, 4) is 0 Å². The van der Waals surface area contributed by atoms with E-state index in [4.69, 9.17) is 17.3 Å². The molecular weight excluding hydrogens is 192 g/mol. The van der Waals surface area contributed by atoms with Crippen molar-refractivity contribution in [3.63, 3.8) is 0 Å². The first-order valence-electron chi connectivity index (χ1n) is 3.67. The molecule has 2 aromatic heterocycles. The Labute approximate surface area is 78.8 Å². The maximum Gasteiger partial charge on any atom is 0.226 e. The minimum Gasteiger partial charge on any atom is -0.396 e. The summed E-state index contributed by atoms with van der Waals surface area (Å²) in [6, 6.07) is 0. The van der Waals surface area contributed by atoms with Crippen molar-refractivity contribution in [2.24, 2.45) is 0 Å². The van der Waals surface area contributed by atoms with Gasteiger partial charge in [-0.1, -0.05) is 0 Å². The summed E-state index contributed by atoms with van der Waals surface area (Å²) in [5.41, 5.74) is 8.72. The number of aryl methyl sites for hydroxylation is 1. The molecule has 0 saturated heterocycles. The number of anilines is 1. The van der Waals surface area contributed by atoms with Crippen LogP contribution >= 0.6 is 11.6 Å². The third-order valence-corrected chi connectivity index (χ3v) is 2.16. The number of rotatable bonds is 1. The Hall–Kier alpha value is -1.36. The second-order valence-corrected chi connectivity index (χ2v) is 2.93. The van der Waals surface area contributed by atoms with Gasteiger partial charge in [-0.05, 0) is 17.2 Å². The van der Waals surface area contributed by atoms with Crippen LogP contribution in [0.5, 0.6) is 0 Å². The second kappa shape index (κ2) is 2.85. The first kappa shape index (κ1) is 8.25. The van der Waals surface area contributed by atoms with Gasteiger partial charge in [0.05, 0.1) is 11.6 Å². The summed E-state index contributed by atoms with van der Waals surface area (Å²) in [4.78, 5) is 4.14. The van der Waals surface area contributed by atoms with Crippen molar-refractivity contribution < 1.29 is 4.63 Å². The molecule has 5 nitrogen and oxygen atoms in total. The molecule has 0 radical (unpaired) electrons. The van der Waals surface area contributed by atoms with Gasteiger partial charge in [-0.15, -0.1) is 11.6 Å². The summed E-state index contributed by atoms with van der Waals surface area (Å²) in [5, 5.41) is 7.23. The number of nitrogens with two attached hydrogens (primary N) is 1. The van der Waals surface area contributed by atoms with E-state index in [1.54, 1.807) is 0 Å². The summed E-state index contributed by atoms with van der Waals surface area (Å²) in [6.07, 6.45) is 0. The fourth-order valence-electron chi connectivity index (χ4n) is 1.16. The van der Waals surface area contributed by atoms with Gasteiger partial charge in [-0.2, -0.15) is 0 Å². The molecule has 2 aromatic rings. The summed E-state index contributed by atoms with van der Waals surface area (Å²) in [6.45, 7) is 1.82. The molecule has 0 unspecified atom stereocenters. The topological polar surface area (TPSA) is 77.8 Å². The molecule has 2 heterocycles. The lowest BCUT2D eigenvalue weighted by molar-refractivity contribution is 0.315. The van der Waals surface area contributed by atoms with Gasteiger partial charge < -0.3 is 5.73 Å². The molecule has 0 aliphatic carbocycles. The normalized spacial score (nSPS) is 10.9. The fourth-order valence-corrected chi connectivity index (χ4v) is 1.50. The van der Waals surface area contributed by atoms with Crippen molar-refractivity contribution in [1.82, 2.24) is 15.3 Å². The number of aromatic nitrogens is 3. The van der Waals surface area contributed by atoms with Crippen molar-refractivity contribution in [2.75, 3.05) is 5.73 Å². The zero-order chi connectivity index (χ0) is 9.42. The molecule has 0 bridgehead atoms. The van der Waals surface area contributed by atoms with Gasteiger partial charge in [-0.25, -0.2) is 9.61 Å². The van der Waals surface area contributed by atoms with Crippen LogP contribution in [0.25, 0.3) is 11.2 Å². The molecular formula is C7H7ClN4O. The van der Waals surface area contributed by atoms with E-state index >= 15 is 0 Å². The van der Waals surface area contributed by atoms with Gasteiger partial charge >= 0.3 is 0 Å². The van der Waals surface area contributed by atoms with Crippen LogP contribution in [0.4, 0.5) is 5.69 Å². The van der Waals surface area contributed by atoms with Crippen molar-refractivity contribution in [2.45, 2.75) is 12.8 Å². The Morgan fingerprint density at radius 2 is 2.23 bits per heavy atom. The number of hydrogen-bond donors (Lipinski definition) is 1. The van der Waals surface area contributed by atoms with E-state index in [1.165, 1.54) is 0 Å². The third-order valence-electron chi connectivity index (χ3n) is 1.90. The number of hydrogen-bond acceptors (Lipinski definition) is 5. The molecule has 2 rings (SSSR count). The molecule has 0 aliphatic heterocycles. The lowest BCUT2D eigenvalue weighted by Gasteiger charge is -2.03. The van der Waals surface area contributed by atoms with E-state index in [-0.39, 0.29) is 0 Å². The number of nitrogens with zero attached hydrogens (tertiary/aromatic N) is 3. The van der Waals surface area contributed by atoms with E-state index in [9.17, 15) is 0 Å². The van der Waals surface area contributed by atoms with Crippen LogP contribution in [-0.4, -0.2) is 15.3 Å². The average molecular weight is 199 g/mol. The second-order valence-electron chi connectivity index (χ2n) is 2.66. The van der Waals surface area contributed by atoms with E-state index in [2.05, 4.69) is 19.9 Å². The summed E-state index contributed by atoms with van der Waals surface area (Å²) in [5.74, 6) is 0.313. The van der Waals surface area contributed by atoms with Crippen LogP contribution in [0.15, 0.2) is 4.63 Å². The van der Waals surface area contributed by atoms with E-state index in [0.29, 0.717) is 22.7 Å². The minimum absolute atomic E-state index is 0.313. The standard InChI is InChI=1S/C7H7ClN4O/c1-3-4(2-8)5(9)6-7(10-3)12-13-11-6/h2,9H2,1H3. The summed E-state index contributed by atoms with van der Waals surface area (Å²) >= 11 is 5.71. The Kier molecular flexibility index (Phi) is 1.81. The number of alkyl halides is 1. The van der Waals surface area contributed by atoms with Gasteiger partial charge in [0.15, 0.2) is 5.52 Å². The largest absolute Gasteiger partial charge is 0.396 e. The van der Waals surface area contributed by atoms with Crippen molar-refractivity contribution >= 4 is 28.5 Å². The van der Waals surface area contributed by atoms with Crippen LogP contribution in [0.1, 0.15) is 11.3 Å². The van der Waals surface area contributed by atoms with Crippen LogP contribution in [0.3, 0.4) is 0 Å². The predicted molar refractivity (Wildman–Crippen MR) is 48.3 cm³/mol. The van der Waals surface area contributed by atoms with Crippen LogP contribution in [-0.2, 0) is 5.88 Å². The maximum atomic E-state index is 5.79. The molecule has 0 saturated carbocycles. The van der Waals surface area contributed by atoms with Gasteiger partial charge in [0.2, 0.25) is 5.65 Å². The molecule has 68 valence electrons. The van der Waals surface area contributed by atoms with E-state index < -0.39 is 0 Å². The first-order chi connectivity index (χ1) is 6.24. The lowest BCUT2D eigenvalue weighted by Crippen LogP contribution is -1.99. The Morgan fingerprint density at radius 1 is 1.46 bits per heavy atom. The van der Waals surface area contributed by atoms with E-state index in [0.717, 1.165) is 11.3 Å². The molecule has 6 heteroatoms. The van der Waals surface area contributed by atoms with Gasteiger partial charge in [0, 0.05) is 11.3 Å². The zero-order valence-corrected chi connectivity index (χ0v) is 7.67. The SMILES string of the molecule is Cc1nc2nonc2c(N)c1CCl. The quantitative estimate of drug-likeness (QED) is 0.698. The molecule has 0 atom stereocenters. The molecule has 2 N–H and O–H groups in total. The highest BCUT2D eigenvalue weighted by Gasteiger charge is 2.12. The number of halogens is 1. The van der Waals surface area contributed by atoms with Gasteiger partial charge in [0.25, 0.3) is 0 Å². The Morgan fingerprint density at radius 3 is 2.92 bits per heavy atom. The summed E-state index contributed by atoms with van der Waals surface area (Å²) < 4.78 is 4.51. The number of fused-ring (bicyclic) bond motifs is 1. The van der Waals surface area contributed by atoms with Crippen LogP contribution in [0, 0.1) is 6.92 Å². The molecule has 0 amide bonds. The third kappa shape index (κ3) is 1.12. The molecule has 0 aromatic carbocycles. The fraction of sp³-hybridized carbons (Fsp3) is 0.286. The molecule has 0 aliphatic rings. The minimum atomic E-state index is 0.313. The first-order valence-corrected chi connectivity index (χ1v) is 4.20. The zero-order valence-electron chi connectivity index (χ0n) is 6.91. The van der Waals surface area contributed by atoms with E-state index in [1.807, 2.05) is 6.92 Å².